The van der Waals surface area contributed by atoms with Crippen LogP contribution in [0.15, 0.2) is 41.2 Å². The first kappa shape index (κ1) is 21.5. The van der Waals surface area contributed by atoms with Crippen molar-refractivity contribution in [1.29, 1.82) is 0 Å². The standard InChI is InChI=1S/C28H32N2O5/c1-29(23(32)7-4-18-9-13-34-16-18)20-8-10-28(33)22-14-19-5-6-21(31)25-24(19)27(28,26(20)35-25)11-12-30(22)15-17-2-3-17/h4-7,9,13,16-17,20,22,26,31,33H,2-3,8,10-12,14-15H2,1H3/b7-4+. The van der Waals surface area contributed by atoms with Crippen molar-refractivity contribution in [2.75, 3.05) is 20.1 Å². The Bertz CT molecular complexity index is 1200. The zero-order valence-electron chi connectivity index (χ0n) is 20.0. The topological polar surface area (TPSA) is 86.4 Å². The van der Waals surface area contributed by atoms with Crippen LogP contribution >= 0.6 is 0 Å². The van der Waals surface area contributed by atoms with E-state index in [0.717, 1.165) is 43.0 Å². The van der Waals surface area contributed by atoms with Crippen LogP contribution in [0, 0.1) is 5.92 Å². The molecule has 7 heteroatoms. The molecule has 5 unspecified atom stereocenters. The Kier molecular flexibility index (Phi) is 4.53. The average molecular weight is 477 g/mol. The van der Waals surface area contributed by atoms with Crippen molar-refractivity contribution in [3.63, 3.8) is 0 Å². The molecule has 7 rings (SSSR count). The number of piperidine rings is 1. The van der Waals surface area contributed by atoms with Gasteiger partial charge in [0.05, 0.1) is 29.6 Å². The van der Waals surface area contributed by atoms with E-state index in [4.69, 9.17) is 9.15 Å². The zero-order valence-corrected chi connectivity index (χ0v) is 20.0. The molecule has 7 nitrogen and oxygen atoms in total. The summed E-state index contributed by atoms with van der Waals surface area (Å²) in [6, 6.07) is 5.38. The van der Waals surface area contributed by atoms with Gasteiger partial charge in [0.15, 0.2) is 11.5 Å². The van der Waals surface area contributed by atoms with Crippen molar-refractivity contribution in [1.82, 2.24) is 9.80 Å². The third-order valence-electron chi connectivity index (χ3n) is 9.54. The highest BCUT2D eigenvalue weighted by Crippen LogP contribution is 2.66. The maximum Gasteiger partial charge on any atom is 0.246 e. The molecule has 3 heterocycles. The van der Waals surface area contributed by atoms with Crippen molar-refractivity contribution < 1.29 is 24.2 Å². The number of hydrogen-bond acceptors (Lipinski definition) is 6. The summed E-state index contributed by atoms with van der Waals surface area (Å²) in [5.74, 6) is 1.28. The molecule has 1 spiro atoms. The molecule has 3 aliphatic carbocycles. The van der Waals surface area contributed by atoms with Crippen LogP contribution in [-0.4, -0.2) is 69.8 Å². The van der Waals surface area contributed by atoms with Crippen LogP contribution in [-0.2, 0) is 16.6 Å². The van der Waals surface area contributed by atoms with Gasteiger partial charge in [0, 0.05) is 36.8 Å². The fraction of sp³-hybridized carbons (Fsp3) is 0.536. The molecule has 2 aliphatic heterocycles. The number of hydrogen-bond donors (Lipinski definition) is 2. The summed E-state index contributed by atoms with van der Waals surface area (Å²) >= 11 is 0. The second-order valence-corrected chi connectivity index (χ2v) is 11.2. The van der Waals surface area contributed by atoms with Crippen molar-refractivity contribution in [3.05, 3.63) is 53.5 Å². The molecule has 2 saturated carbocycles. The fourth-order valence-corrected chi connectivity index (χ4v) is 7.67. The van der Waals surface area contributed by atoms with Crippen molar-refractivity contribution in [3.8, 4) is 11.5 Å². The predicted octanol–water partition coefficient (Wildman–Crippen LogP) is 3.09. The van der Waals surface area contributed by atoms with Gasteiger partial charge in [-0.3, -0.25) is 9.69 Å². The third kappa shape index (κ3) is 2.88. The Balaban J connectivity index is 1.28. The number of amides is 1. The number of carbonyl (C=O) groups excluding carboxylic acids is 1. The number of aliphatic hydroxyl groups is 1. The number of rotatable bonds is 5. The molecule has 0 radical (unpaired) electrons. The number of aromatic hydroxyl groups is 1. The molecule has 1 saturated heterocycles. The monoisotopic (exact) mass is 476 g/mol. The van der Waals surface area contributed by atoms with E-state index in [-0.39, 0.29) is 23.7 Å². The highest BCUT2D eigenvalue weighted by atomic mass is 16.5. The predicted molar refractivity (Wildman–Crippen MR) is 129 cm³/mol. The lowest BCUT2D eigenvalue weighted by Gasteiger charge is -2.64. The van der Waals surface area contributed by atoms with Gasteiger partial charge in [0.2, 0.25) is 5.91 Å². The molecule has 35 heavy (non-hydrogen) atoms. The van der Waals surface area contributed by atoms with Gasteiger partial charge in [0.25, 0.3) is 0 Å². The first-order valence-electron chi connectivity index (χ1n) is 12.9. The molecule has 1 amide bonds. The quantitative estimate of drug-likeness (QED) is 0.645. The first-order valence-corrected chi connectivity index (χ1v) is 12.9. The minimum atomic E-state index is -0.941. The van der Waals surface area contributed by atoms with Gasteiger partial charge in [-0.15, -0.1) is 0 Å². The summed E-state index contributed by atoms with van der Waals surface area (Å²) in [7, 11) is 1.82. The summed E-state index contributed by atoms with van der Waals surface area (Å²) in [6.45, 7) is 1.96. The second-order valence-electron chi connectivity index (χ2n) is 11.2. The lowest BCUT2D eigenvalue weighted by atomic mass is 9.48. The molecule has 5 aliphatic rings. The Morgan fingerprint density at radius 1 is 1.26 bits per heavy atom. The van der Waals surface area contributed by atoms with Crippen LogP contribution in [0.5, 0.6) is 11.5 Å². The van der Waals surface area contributed by atoms with E-state index in [1.54, 1.807) is 35.6 Å². The molecule has 184 valence electrons. The van der Waals surface area contributed by atoms with Crippen LogP contribution in [0.4, 0.5) is 0 Å². The van der Waals surface area contributed by atoms with Crippen LogP contribution in [0.1, 0.15) is 48.8 Å². The number of carbonyl (C=O) groups is 1. The van der Waals surface area contributed by atoms with Gasteiger partial charge in [-0.05, 0) is 74.8 Å². The van der Waals surface area contributed by atoms with E-state index >= 15 is 0 Å². The van der Waals surface area contributed by atoms with Gasteiger partial charge < -0.3 is 24.3 Å². The van der Waals surface area contributed by atoms with Crippen molar-refractivity contribution >= 4 is 12.0 Å². The van der Waals surface area contributed by atoms with Gasteiger partial charge >= 0.3 is 0 Å². The maximum atomic E-state index is 13.2. The lowest BCUT2D eigenvalue weighted by molar-refractivity contribution is -0.200. The van der Waals surface area contributed by atoms with E-state index in [0.29, 0.717) is 18.6 Å². The number of phenolic OH excluding ortho intramolecular Hbond substituents is 1. The summed E-state index contributed by atoms with van der Waals surface area (Å²) in [5, 5.41) is 23.3. The molecular formula is C28H32N2O5. The lowest BCUT2D eigenvalue weighted by Crippen LogP contribution is -2.78. The summed E-state index contributed by atoms with van der Waals surface area (Å²) in [4.78, 5) is 17.5. The average Bonchev–Trinajstić information content (AvgIpc) is 3.36. The molecule has 1 aromatic heterocycles. The Labute approximate surface area is 205 Å². The van der Waals surface area contributed by atoms with Crippen LogP contribution in [0.25, 0.3) is 6.08 Å². The first-order chi connectivity index (χ1) is 16.9. The van der Waals surface area contributed by atoms with Gasteiger partial charge in [-0.2, -0.15) is 0 Å². The van der Waals surface area contributed by atoms with Crippen molar-refractivity contribution in [2.24, 2.45) is 5.92 Å². The van der Waals surface area contributed by atoms with E-state index in [1.807, 2.05) is 19.2 Å². The minimum absolute atomic E-state index is 0.0360. The Morgan fingerprint density at radius 2 is 2.11 bits per heavy atom. The number of likely N-dealkylation sites (tertiary alicyclic amines) is 1. The number of furan rings is 1. The highest BCUT2D eigenvalue weighted by Gasteiger charge is 2.73. The summed E-state index contributed by atoms with van der Waals surface area (Å²) < 4.78 is 11.7. The number of likely N-dealkylation sites (N-methyl/N-ethyl adjacent to an activating group) is 1. The largest absolute Gasteiger partial charge is 0.504 e. The number of nitrogens with zero attached hydrogens (tertiary/aromatic N) is 2. The van der Waals surface area contributed by atoms with E-state index in [1.165, 1.54) is 18.4 Å². The molecule has 1 aromatic carbocycles. The summed E-state index contributed by atoms with van der Waals surface area (Å²) in [5.41, 5.74) is 1.44. The summed E-state index contributed by atoms with van der Waals surface area (Å²) in [6.07, 6.45) is 11.5. The normalized spacial score (nSPS) is 35.1. The number of benzene rings is 1. The van der Waals surface area contributed by atoms with Crippen molar-refractivity contribution in [2.45, 2.75) is 67.7 Å². The minimum Gasteiger partial charge on any atom is -0.504 e. The molecule has 3 fully saturated rings. The molecule has 2 aromatic rings. The fourth-order valence-electron chi connectivity index (χ4n) is 7.67. The van der Waals surface area contributed by atoms with Crippen LogP contribution in [0.3, 0.4) is 0 Å². The Hall–Kier alpha value is -2.77. The second kappa shape index (κ2) is 7.37. The molecule has 2 bridgehead atoms. The van der Waals surface area contributed by atoms with Gasteiger partial charge in [0.1, 0.15) is 6.10 Å². The van der Waals surface area contributed by atoms with Gasteiger partial charge in [-0.1, -0.05) is 6.07 Å². The molecule has 2 N–H and O–H groups in total. The third-order valence-corrected chi connectivity index (χ3v) is 9.54. The maximum absolute atomic E-state index is 13.2. The SMILES string of the molecule is CN(C(=O)/C=C/c1ccoc1)C1CCC2(O)C3Cc4ccc(O)c5c4C2(CCN3CC2CC2)C1O5. The van der Waals surface area contributed by atoms with Crippen LogP contribution in [0.2, 0.25) is 0 Å². The number of ether oxygens (including phenoxy) is 1. The molecular weight excluding hydrogens is 444 g/mol. The molecule has 5 atom stereocenters. The zero-order chi connectivity index (χ0) is 23.9. The van der Waals surface area contributed by atoms with Crippen LogP contribution < -0.4 is 4.74 Å². The van der Waals surface area contributed by atoms with E-state index < -0.39 is 17.1 Å². The number of phenols is 1. The van der Waals surface area contributed by atoms with E-state index in [9.17, 15) is 15.0 Å². The smallest absolute Gasteiger partial charge is 0.246 e. The Morgan fingerprint density at radius 3 is 2.89 bits per heavy atom. The van der Waals surface area contributed by atoms with E-state index in [2.05, 4.69) is 4.90 Å². The highest BCUT2D eigenvalue weighted by molar-refractivity contribution is 5.91. The van der Waals surface area contributed by atoms with Gasteiger partial charge in [-0.25, -0.2) is 0 Å².